The summed E-state index contributed by atoms with van der Waals surface area (Å²) in [6, 6.07) is 3.79. The summed E-state index contributed by atoms with van der Waals surface area (Å²) in [7, 11) is 0. The fourth-order valence-electron chi connectivity index (χ4n) is 2.02. The van der Waals surface area contributed by atoms with Gasteiger partial charge in [-0.1, -0.05) is 13.0 Å². The van der Waals surface area contributed by atoms with Crippen molar-refractivity contribution < 1.29 is 18.3 Å². The predicted octanol–water partition coefficient (Wildman–Crippen LogP) is 3.70. The third kappa shape index (κ3) is 6.95. The van der Waals surface area contributed by atoms with Gasteiger partial charge in [0.25, 0.3) is 0 Å². The second kappa shape index (κ2) is 8.82. The Morgan fingerprint density at radius 2 is 1.83 bits per heavy atom. The minimum atomic E-state index is -0.574. The maximum atomic E-state index is 13.5. The molecule has 130 valence electrons. The summed E-state index contributed by atoms with van der Waals surface area (Å²) in [6.45, 7) is 8.90. The van der Waals surface area contributed by atoms with E-state index in [1.807, 2.05) is 27.7 Å². The van der Waals surface area contributed by atoms with Gasteiger partial charge in [0.2, 0.25) is 0 Å². The van der Waals surface area contributed by atoms with E-state index in [0.717, 1.165) is 6.42 Å². The summed E-state index contributed by atoms with van der Waals surface area (Å²) < 4.78 is 32.4. The van der Waals surface area contributed by atoms with Crippen LogP contribution in [-0.2, 0) is 11.3 Å². The van der Waals surface area contributed by atoms with Gasteiger partial charge in [-0.2, -0.15) is 0 Å². The van der Waals surface area contributed by atoms with E-state index in [-0.39, 0.29) is 18.2 Å². The Labute approximate surface area is 136 Å². The van der Waals surface area contributed by atoms with Gasteiger partial charge in [0.15, 0.2) is 0 Å². The Morgan fingerprint density at radius 3 is 2.35 bits per heavy atom. The molecule has 0 fully saturated rings. The van der Waals surface area contributed by atoms with E-state index in [2.05, 4.69) is 5.32 Å². The summed E-state index contributed by atoms with van der Waals surface area (Å²) in [4.78, 5) is 13.7. The lowest BCUT2D eigenvalue weighted by molar-refractivity contribution is 0.0251. The molecule has 0 saturated heterocycles. The van der Waals surface area contributed by atoms with Crippen LogP contribution in [0.1, 0.15) is 39.7 Å². The zero-order chi connectivity index (χ0) is 17.5. The molecule has 1 N–H and O–H groups in total. The molecule has 1 aromatic carbocycles. The molecule has 0 aliphatic carbocycles. The number of hydrogen-bond donors (Lipinski definition) is 1. The van der Waals surface area contributed by atoms with Gasteiger partial charge in [0.05, 0.1) is 0 Å². The summed E-state index contributed by atoms with van der Waals surface area (Å²) in [5.41, 5.74) is -0.543. The second-order valence-electron chi connectivity index (χ2n) is 6.34. The van der Waals surface area contributed by atoms with Gasteiger partial charge in [0.1, 0.15) is 17.2 Å². The molecule has 0 atom stereocenters. The molecule has 1 rings (SSSR count). The molecule has 0 unspecified atom stereocenters. The van der Waals surface area contributed by atoms with E-state index < -0.39 is 17.2 Å². The molecular weight excluding hydrogens is 302 g/mol. The van der Waals surface area contributed by atoms with Crippen molar-refractivity contribution in [2.24, 2.45) is 0 Å². The Morgan fingerprint density at radius 1 is 1.22 bits per heavy atom. The standard InChI is InChI=1S/C17H26F2N2O2/c1-5-10-21(16(22)23-17(2,3)4)11-9-20-12-13-14(18)7-6-8-15(13)19/h6-8,20H,5,9-12H2,1-4H3. The number of nitrogens with zero attached hydrogens (tertiary/aromatic N) is 1. The number of benzene rings is 1. The fourth-order valence-corrected chi connectivity index (χ4v) is 2.02. The second-order valence-corrected chi connectivity index (χ2v) is 6.34. The first-order valence-electron chi connectivity index (χ1n) is 7.86. The van der Waals surface area contributed by atoms with Crippen LogP contribution in [0.15, 0.2) is 18.2 Å². The number of nitrogens with one attached hydrogen (secondary N) is 1. The zero-order valence-electron chi connectivity index (χ0n) is 14.3. The third-order valence-electron chi connectivity index (χ3n) is 3.07. The first kappa shape index (κ1) is 19.4. The van der Waals surface area contributed by atoms with E-state index in [1.165, 1.54) is 18.2 Å². The summed E-state index contributed by atoms with van der Waals surface area (Å²) in [5, 5.41) is 2.96. The van der Waals surface area contributed by atoms with E-state index in [9.17, 15) is 13.6 Å². The summed E-state index contributed by atoms with van der Waals surface area (Å²) >= 11 is 0. The Balaban J connectivity index is 2.48. The van der Waals surface area contributed by atoms with Crippen molar-refractivity contribution >= 4 is 6.09 Å². The van der Waals surface area contributed by atoms with Crippen LogP contribution in [0.25, 0.3) is 0 Å². The lowest BCUT2D eigenvalue weighted by Crippen LogP contribution is -2.40. The van der Waals surface area contributed by atoms with Gasteiger partial charge in [-0.25, -0.2) is 13.6 Å². The van der Waals surface area contributed by atoms with Crippen LogP contribution in [0.5, 0.6) is 0 Å². The van der Waals surface area contributed by atoms with Crippen LogP contribution >= 0.6 is 0 Å². The molecule has 0 aromatic heterocycles. The molecule has 1 aromatic rings. The van der Waals surface area contributed by atoms with Crippen molar-refractivity contribution in [2.45, 2.75) is 46.3 Å². The van der Waals surface area contributed by atoms with Crippen LogP contribution < -0.4 is 5.32 Å². The van der Waals surface area contributed by atoms with Crippen molar-refractivity contribution in [1.29, 1.82) is 0 Å². The smallest absolute Gasteiger partial charge is 0.410 e. The lowest BCUT2D eigenvalue weighted by Gasteiger charge is -2.27. The minimum Gasteiger partial charge on any atom is -0.444 e. The van der Waals surface area contributed by atoms with E-state index in [1.54, 1.807) is 4.90 Å². The van der Waals surface area contributed by atoms with E-state index in [0.29, 0.717) is 19.6 Å². The van der Waals surface area contributed by atoms with E-state index >= 15 is 0 Å². The van der Waals surface area contributed by atoms with Crippen LogP contribution in [-0.4, -0.2) is 36.2 Å². The molecular formula is C17H26F2N2O2. The average molecular weight is 328 g/mol. The van der Waals surface area contributed by atoms with Crippen LogP contribution in [0.4, 0.5) is 13.6 Å². The topological polar surface area (TPSA) is 41.6 Å². The lowest BCUT2D eigenvalue weighted by atomic mass is 10.2. The molecule has 23 heavy (non-hydrogen) atoms. The largest absolute Gasteiger partial charge is 0.444 e. The van der Waals surface area contributed by atoms with Gasteiger partial charge in [-0.3, -0.25) is 0 Å². The highest BCUT2D eigenvalue weighted by Gasteiger charge is 2.21. The summed E-state index contributed by atoms with van der Waals surface area (Å²) in [5.74, 6) is -1.15. The molecule has 0 spiro atoms. The minimum absolute atomic E-state index is 0.00631. The number of ether oxygens (including phenoxy) is 1. The molecule has 0 saturated carbocycles. The molecule has 0 bridgehead atoms. The highest BCUT2D eigenvalue weighted by Crippen LogP contribution is 2.12. The quantitative estimate of drug-likeness (QED) is 0.776. The summed E-state index contributed by atoms with van der Waals surface area (Å²) in [6.07, 6.45) is 0.430. The van der Waals surface area contributed by atoms with E-state index in [4.69, 9.17) is 4.74 Å². The maximum absolute atomic E-state index is 13.5. The van der Waals surface area contributed by atoms with Crippen LogP contribution in [0.3, 0.4) is 0 Å². The van der Waals surface area contributed by atoms with Gasteiger partial charge in [-0.05, 0) is 39.3 Å². The molecule has 0 heterocycles. The fraction of sp³-hybridized carbons (Fsp3) is 0.588. The molecule has 0 radical (unpaired) electrons. The van der Waals surface area contributed by atoms with Crippen LogP contribution in [0, 0.1) is 11.6 Å². The monoisotopic (exact) mass is 328 g/mol. The Bertz CT molecular complexity index is 496. The number of rotatable bonds is 7. The van der Waals surface area contributed by atoms with Crippen molar-refractivity contribution in [3.63, 3.8) is 0 Å². The van der Waals surface area contributed by atoms with Crippen LogP contribution in [0.2, 0.25) is 0 Å². The molecule has 0 aliphatic heterocycles. The SMILES string of the molecule is CCCN(CCNCc1c(F)cccc1F)C(=O)OC(C)(C)C. The molecule has 6 heteroatoms. The van der Waals surface area contributed by atoms with Crippen molar-refractivity contribution in [2.75, 3.05) is 19.6 Å². The van der Waals surface area contributed by atoms with Crippen molar-refractivity contribution in [1.82, 2.24) is 10.2 Å². The maximum Gasteiger partial charge on any atom is 0.410 e. The Kier molecular flexibility index (Phi) is 7.42. The van der Waals surface area contributed by atoms with Gasteiger partial charge < -0.3 is 15.0 Å². The number of carbonyl (C=O) groups is 1. The van der Waals surface area contributed by atoms with Crippen molar-refractivity contribution in [3.05, 3.63) is 35.4 Å². The first-order valence-corrected chi connectivity index (χ1v) is 7.86. The highest BCUT2D eigenvalue weighted by molar-refractivity contribution is 5.68. The first-order chi connectivity index (χ1) is 10.7. The molecule has 0 aliphatic rings. The van der Waals surface area contributed by atoms with Gasteiger partial charge in [0, 0.05) is 31.7 Å². The predicted molar refractivity (Wildman–Crippen MR) is 86.2 cm³/mol. The number of halogens is 2. The molecule has 1 amide bonds. The average Bonchev–Trinajstić information content (AvgIpc) is 2.42. The Hall–Kier alpha value is -1.69. The highest BCUT2D eigenvalue weighted by atomic mass is 19.1. The van der Waals surface area contributed by atoms with Gasteiger partial charge >= 0.3 is 6.09 Å². The number of amides is 1. The third-order valence-corrected chi connectivity index (χ3v) is 3.07. The van der Waals surface area contributed by atoms with Crippen molar-refractivity contribution in [3.8, 4) is 0 Å². The normalized spacial score (nSPS) is 11.4. The number of carbonyl (C=O) groups excluding carboxylic acids is 1. The molecule has 4 nitrogen and oxygen atoms in total. The zero-order valence-corrected chi connectivity index (χ0v) is 14.3. The number of hydrogen-bond acceptors (Lipinski definition) is 3. The van der Waals surface area contributed by atoms with Gasteiger partial charge in [-0.15, -0.1) is 0 Å².